The van der Waals surface area contributed by atoms with Crippen molar-refractivity contribution in [3.05, 3.63) is 39.9 Å². The number of likely N-dealkylation sites (tertiary alicyclic amines) is 1. The molecule has 3 rings (SSSR count). The minimum atomic E-state index is 0.245. The maximum atomic E-state index is 5.96. The van der Waals surface area contributed by atoms with Crippen LogP contribution in [0.4, 0.5) is 0 Å². The molecule has 0 bridgehead atoms. The predicted octanol–water partition coefficient (Wildman–Crippen LogP) is 3.23. The summed E-state index contributed by atoms with van der Waals surface area (Å²) < 4.78 is 6.70. The lowest BCUT2D eigenvalue weighted by Gasteiger charge is -2.31. The maximum Gasteiger partial charge on any atom is 0.232 e. The van der Waals surface area contributed by atoms with E-state index >= 15 is 0 Å². The van der Waals surface area contributed by atoms with Crippen LogP contribution in [0.5, 0.6) is 5.88 Å². The number of nitrogens with zero attached hydrogens (tertiary/aromatic N) is 3. The molecule has 3 heterocycles. The van der Waals surface area contributed by atoms with Crippen LogP contribution in [-0.2, 0) is 6.54 Å². The monoisotopic (exact) mass is 309 g/mol. The van der Waals surface area contributed by atoms with Crippen molar-refractivity contribution in [3.8, 4) is 5.88 Å². The zero-order valence-electron chi connectivity index (χ0n) is 11.0. The lowest BCUT2D eigenvalue weighted by molar-refractivity contribution is 0.0934. The molecule has 2 aromatic heterocycles. The molecule has 1 aliphatic heterocycles. The van der Waals surface area contributed by atoms with Crippen molar-refractivity contribution in [1.82, 2.24) is 14.9 Å². The second kappa shape index (κ2) is 6.52. The first-order chi connectivity index (χ1) is 9.79. The second-order valence-electron chi connectivity index (χ2n) is 4.84. The Morgan fingerprint density at radius 1 is 1.30 bits per heavy atom. The molecule has 0 saturated carbocycles. The molecule has 4 nitrogen and oxygen atoms in total. The van der Waals surface area contributed by atoms with Gasteiger partial charge in [0.15, 0.2) is 0 Å². The molecule has 6 heteroatoms. The third-order valence-corrected chi connectivity index (χ3v) is 4.59. The standard InChI is InChI=1S/C14H16ClN3OS/c15-13-2-1-12(20-13)10-18-7-3-11(4-8-18)19-14-9-16-5-6-17-14/h1-2,5-6,9,11H,3-4,7-8,10H2. The number of thiophene rings is 1. The largest absolute Gasteiger partial charge is 0.473 e. The smallest absolute Gasteiger partial charge is 0.232 e. The molecule has 1 saturated heterocycles. The van der Waals surface area contributed by atoms with Gasteiger partial charge in [0.25, 0.3) is 0 Å². The molecule has 0 atom stereocenters. The Kier molecular flexibility index (Phi) is 4.50. The van der Waals surface area contributed by atoms with Crippen molar-refractivity contribution < 1.29 is 4.74 Å². The molecule has 1 aliphatic rings. The van der Waals surface area contributed by atoms with Gasteiger partial charge >= 0.3 is 0 Å². The van der Waals surface area contributed by atoms with Gasteiger partial charge in [-0.1, -0.05) is 11.6 Å². The molecule has 0 unspecified atom stereocenters. The summed E-state index contributed by atoms with van der Waals surface area (Å²) in [7, 11) is 0. The topological polar surface area (TPSA) is 38.2 Å². The lowest BCUT2D eigenvalue weighted by Crippen LogP contribution is -2.37. The minimum Gasteiger partial charge on any atom is -0.473 e. The fourth-order valence-corrected chi connectivity index (χ4v) is 3.49. The Bertz CT molecular complexity index is 540. The number of aromatic nitrogens is 2. The van der Waals surface area contributed by atoms with Crippen LogP contribution in [0.15, 0.2) is 30.7 Å². The van der Waals surface area contributed by atoms with Gasteiger partial charge < -0.3 is 4.74 Å². The number of halogens is 1. The predicted molar refractivity (Wildman–Crippen MR) is 80.3 cm³/mol. The third-order valence-electron chi connectivity index (χ3n) is 3.37. The zero-order chi connectivity index (χ0) is 13.8. The minimum absolute atomic E-state index is 0.245. The third kappa shape index (κ3) is 3.69. The SMILES string of the molecule is Clc1ccc(CN2CCC(Oc3cnccn3)CC2)s1. The Balaban J connectivity index is 1.47. The van der Waals surface area contributed by atoms with Crippen LogP contribution in [0, 0.1) is 0 Å². The number of ether oxygens (including phenoxy) is 1. The van der Waals surface area contributed by atoms with Crippen LogP contribution in [0.3, 0.4) is 0 Å². The maximum absolute atomic E-state index is 5.96. The molecule has 0 N–H and O–H groups in total. The van der Waals surface area contributed by atoms with E-state index in [-0.39, 0.29) is 6.10 Å². The van der Waals surface area contributed by atoms with E-state index in [1.807, 2.05) is 6.07 Å². The van der Waals surface area contributed by atoms with Gasteiger partial charge in [0.05, 0.1) is 10.5 Å². The van der Waals surface area contributed by atoms with E-state index in [9.17, 15) is 0 Å². The highest BCUT2D eigenvalue weighted by Crippen LogP contribution is 2.24. The number of hydrogen-bond donors (Lipinski definition) is 0. The van der Waals surface area contributed by atoms with E-state index in [1.54, 1.807) is 29.9 Å². The van der Waals surface area contributed by atoms with Crippen LogP contribution in [0.2, 0.25) is 4.34 Å². The zero-order valence-corrected chi connectivity index (χ0v) is 12.6. The van der Waals surface area contributed by atoms with Gasteiger partial charge in [0.1, 0.15) is 6.10 Å². The highest BCUT2D eigenvalue weighted by atomic mass is 35.5. The number of rotatable bonds is 4. The first kappa shape index (κ1) is 13.8. The van der Waals surface area contributed by atoms with Crippen molar-refractivity contribution in [3.63, 3.8) is 0 Å². The Labute approximate surface area is 127 Å². The van der Waals surface area contributed by atoms with E-state index in [0.29, 0.717) is 5.88 Å². The van der Waals surface area contributed by atoms with E-state index < -0.39 is 0 Å². The highest BCUT2D eigenvalue weighted by molar-refractivity contribution is 7.16. The lowest BCUT2D eigenvalue weighted by atomic mass is 10.1. The average Bonchev–Trinajstić information content (AvgIpc) is 2.88. The normalized spacial score (nSPS) is 17.2. The van der Waals surface area contributed by atoms with Crippen molar-refractivity contribution >= 4 is 22.9 Å². The van der Waals surface area contributed by atoms with E-state index in [1.165, 1.54) is 4.88 Å². The van der Waals surface area contributed by atoms with Gasteiger partial charge in [-0.25, -0.2) is 4.98 Å². The Morgan fingerprint density at radius 3 is 2.80 bits per heavy atom. The second-order valence-corrected chi connectivity index (χ2v) is 6.64. The summed E-state index contributed by atoms with van der Waals surface area (Å²) in [5, 5.41) is 0. The fraction of sp³-hybridized carbons (Fsp3) is 0.429. The molecule has 0 radical (unpaired) electrons. The van der Waals surface area contributed by atoms with Gasteiger partial charge in [-0.15, -0.1) is 11.3 Å². The Morgan fingerprint density at radius 2 is 2.15 bits per heavy atom. The molecular weight excluding hydrogens is 294 g/mol. The number of hydrogen-bond acceptors (Lipinski definition) is 5. The van der Waals surface area contributed by atoms with Gasteiger partial charge in [-0.2, -0.15) is 0 Å². The van der Waals surface area contributed by atoms with E-state index in [2.05, 4.69) is 20.9 Å². The van der Waals surface area contributed by atoms with Gasteiger partial charge in [0, 0.05) is 36.9 Å². The van der Waals surface area contributed by atoms with Crippen molar-refractivity contribution in [2.45, 2.75) is 25.5 Å². The van der Waals surface area contributed by atoms with Gasteiger partial charge in [-0.3, -0.25) is 9.88 Å². The molecule has 106 valence electrons. The molecule has 20 heavy (non-hydrogen) atoms. The Hall–Kier alpha value is -1.17. The van der Waals surface area contributed by atoms with Gasteiger partial charge in [-0.05, 0) is 25.0 Å². The number of piperidine rings is 1. The molecule has 0 aromatic carbocycles. The molecule has 0 spiro atoms. The van der Waals surface area contributed by atoms with Gasteiger partial charge in [0.2, 0.25) is 5.88 Å². The summed E-state index contributed by atoms with van der Waals surface area (Å²) in [6.45, 7) is 3.07. The molecular formula is C14H16ClN3OS. The van der Waals surface area contributed by atoms with Crippen LogP contribution in [0.25, 0.3) is 0 Å². The van der Waals surface area contributed by atoms with Crippen molar-refractivity contribution in [2.75, 3.05) is 13.1 Å². The highest BCUT2D eigenvalue weighted by Gasteiger charge is 2.21. The summed E-state index contributed by atoms with van der Waals surface area (Å²) in [6, 6.07) is 4.07. The summed E-state index contributed by atoms with van der Waals surface area (Å²) in [5.41, 5.74) is 0. The molecule has 1 fully saturated rings. The van der Waals surface area contributed by atoms with Crippen molar-refractivity contribution in [1.29, 1.82) is 0 Å². The first-order valence-corrected chi connectivity index (χ1v) is 7.88. The van der Waals surface area contributed by atoms with E-state index in [0.717, 1.165) is 36.8 Å². The summed E-state index contributed by atoms with van der Waals surface area (Å²) in [6.07, 6.45) is 7.27. The molecule has 0 amide bonds. The summed E-state index contributed by atoms with van der Waals surface area (Å²) >= 11 is 7.62. The molecule has 0 aliphatic carbocycles. The summed E-state index contributed by atoms with van der Waals surface area (Å²) in [4.78, 5) is 11.9. The van der Waals surface area contributed by atoms with Crippen molar-refractivity contribution in [2.24, 2.45) is 0 Å². The van der Waals surface area contributed by atoms with Crippen LogP contribution < -0.4 is 4.74 Å². The first-order valence-electron chi connectivity index (χ1n) is 6.69. The van der Waals surface area contributed by atoms with Crippen LogP contribution >= 0.6 is 22.9 Å². The fourth-order valence-electron chi connectivity index (χ4n) is 2.36. The quantitative estimate of drug-likeness (QED) is 0.869. The molecule has 2 aromatic rings. The van der Waals surface area contributed by atoms with Crippen LogP contribution in [0.1, 0.15) is 17.7 Å². The summed E-state index contributed by atoms with van der Waals surface area (Å²) in [5.74, 6) is 0.621. The van der Waals surface area contributed by atoms with E-state index in [4.69, 9.17) is 16.3 Å². The van der Waals surface area contributed by atoms with Crippen LogP contribution in [-0.4, -0.2) is 34.1 Å². The average molecular weight is 310 g/mol.